The number of hydrogen-bond acceptors (Lipinski definition) is 6. The Morgan fingerprint density at radius 3 is 2.67 bits per heavy atom. The number of rotatable bonds is 6. The fourth-order valence-corrected chi connectivity index (χ4v) is 4.11. The van der Waals surface area contributed by atoms with Gasteiger partial charge in [0.15, 0.2) is 5.56 Å². The third-order valence-corrected chi connectivity index (χ3v) is 5.98. The second-order valence-electron chi connectivity index (χ2n) is 9.22. The Labute approximate surface area is 191 Å². The van der Waals surface area contributed by atoms with Gasteiger partial charge in [-0.1, -0.05) is 13.8 Å². The number of nitriles is 1. The van der Waals surface area contributed by atoms with E-state index in [1.54, 1.807) is 17.9 Å². The molecule has 2 N–H and O–H groups in total. The van der Waals surface area contributed by atoms with Gasteiger partial charge in [-0.3, -0.25) is 19.0 Å². The van der Waals surface area contributed by atoms with Crippen LogP contribution in [0.15, 0.2) is 10.9 Å². The molecule has 2 aromatic heterocycles. The first-order valence-electron chi connectivity index (χ1n) is 11.2. The van der Waals surface area contributed by atoms with E-state index in [4.69, 9.17) is 5.26 Å². The van der Waals surface area contributed by atoms with E-state index in [1.165, 1.54) is 10.6 Å². The number of nitrogens with zero attached hydrogens (tertiary/aromatic N) is 5. The molecule has 1 aliphatic carbocycles. The molecule has 1 saturated carbocycles. The van der Waals surface area contributed by atoms with E-state index >= 15 is 0 Å². The van der Waals surface area contributed by atoms with Gasteiger partial charge in [0.1, 0.15) is 5.65 Å². The fourth-order valence-electron chi connectivity index (χ4n) is 4.11. The highest BCUT2D eigenvalue weighted by Gasteiger charge is 2.30. The Morgan fingerprint density at radius 1 is 1.33 bits per heavy atom. The number of likely N-dealkylation sites (tertiary alicyclic amines) is 1. The van der Waals surface area contributed by atoms with Crippen molar-refractivity contribution in [3.63, 3.8) is 0 Å². The first-order valence-corrected chi connectivity index (χ1v) is 11.2. The second-order valence-corrected chi connectivity index (χ2v) is 9.22. The number of aromatic hydroxyl groups is 1. The molecule has 2 aromatic rings. The SMILES string of the molecule is Cc1nn2c(=O)c(C(=O)NC3CC3)c(O)n(CC(C)C)c2c1C=CC(=O)N1CCC(C#N)C1. The summed E-state index contributed by atoms with van der Waals surface area (Å²) in [5.74, 6) is -1.30. The Balaban J connectivity index is 1.78. The highest BCUT2D eigenvalue weighted by Crippen LogP contribution is 2.26. The normalized spacial score (nSPS) is 18.4. The van der Waals surface area contributed by atoms with E-state index < -0.39 is 17.3 Å². The molecule has 2 aliphatic rings. The van der Waals surface area contributed by atoms with Crippen molar-refractivity contribution in [1.82, 2.24) is 24.4 Å². The maximum atomic E-state index is 13.1. The number of aryl methyl sites for hydroxylation is 1. The van der Waals surface area contributed by atoms with Gasteiger partial charge in [0, 0.05) is 37.3 Å². The van der Waals surface area contributed by atoms with Gasteiger partial charge in [-0.15, -0.1) is 0 Å². The largest absolute Gasteiger partial charge is 0.494 e. The predicted molar refractivity (Wildman–Crippen MR) is 121 cm³/mol. The van der Waals surface area contributed by atoms with Crippen LogP contribution >= 0.6 is 0 Å². The summed E-state index contributed by atoms with van der Waals surface area (Å²) in [5.41, 5.74) is 0.299. The Bertz CT molecular complexity index is 1240. The van der Waals surface area contributed by atoms with Crippen LogP contribution in [0.1, 0.15) is 54.7 Å². The van der Waals surface area contributed by atoms with Gasteiger partial charge in [-0.05, 0) is 38.2 Å². The highest BCUT2D eigenvalue weighted by molar-refractivity contribution is 5.97. The quantitative estimate of drug-likeness (QED) is 0.638. The lowest BCUT2D eigenvalue weighted by Gasteiger charge is -2.17. The molecule has 0 bridgehead atoms. The monoisotopic (exact) mass is 452 g/mol. The first kappa shape index (κ1) is 22.6. The molecule has 0 radical (unpaired) electrons. The van der Waals surface area contributed by atoms with Crippen LogP contribution in [0.5, 0.6) is 5.88 Å². The van der Waals surface area contributed by atoms with Gasteiger partial charge < -0.3 is 15.3 Å². The maximum Gasteiger partial charge on any atom is 0.291 e. The van der Waals surface area contributed by atoms with Gasteiger partial charge in [-0.25, -0.2) is 0 Å². The lowest BCUT2D eigenvalue weighted by atomic mass is 10.1. The van der Waals surface area contributed by atoms with Crippen LogP contribution in [0.4, 0.5) is 0 Å². The molecule has 0 aromatic carbocycles. The van der Waals surface area contributed by atoms with Gasteiger partial charge in [0.05, 0.1) is 17.7 Å². The summed E-state index contributed by atoms with van der Waals surface area (Å²) in [6, 6.07) is 2.22. The summed E-state index contributed by atoms with van der Waals surface area (Å²) < 4.78 is 2.64. The van der Waals surface area contributed by atoms with Crippen molar-refractivity contribution >= 4 is 23.5 Å². The average Bonchev–Trinajstić information content (AvgIpc) is 3.32. The Hall–Kier alpha value is -3.61. The van der Waals surface area contributed by atoms with Crippen LogP contribution in [0, 0.1) is 30.1 Å². The summed E-state index contributed by atoms with van der Waals surface area (Å²) in [6.07, 6.45) is 5.34. The molecule has 1 unspecified atom stereocenters. The van der Waals surface area contributed by atoms with Crippen molar-refractivity contribution in [3.05, 3.63) is 33.3 Å². The summed E-state index contributed by atoms with van der Waals surface area (Å²) in [4.78, 5) is 40.1. The van der Waals surface area contributed by atoms with E-state index in [0.29, 0.717) is 43.0 Å². The molecule has 1 saturated heterocycles. The molecule has 1 aliphatic heterocycles. The number of aromatic nitrogens is 3. The highest BCUT2D eigenvalue weighted by atomic mass is 16.3. The van der Waals surface area contributed by atoms with Gasteiger partial charge in [0.25, 0.3) is 11.5 Å². The minimum atomic E-state index is -0.703. The molecular formula is C23H28N6O4. The van der Waals surface area contributed by atoms with Crippen LogP contribution < -0.4 is 10.9 Å². The van der Waals surface area contributed by atoms with Crippen molar-refractivity contribution in [2.24, 2.45) is 11.8 Å². The summed E-state index contributed by atoms with van der Waals surface area (Å²) >= 11 is 0. The molecule has 10 nitrogen and oxygen atoms in total. The smallest absolute Gasteiger partial charge is 0.291 e. The van der Waals surface area contributed by atoms with Crippen molar-refractivity contribution in [2.45, 2.75) is 52.6 Å². The zero-order valence-electron chi connectivity index (χ0n) is 19.0. The van der Waals surface area contributed by atoms with Crippen LogP contribution in [0.25, 0.3) is 11.7 Å². The minimum absolute atomic E-state index is 0.0284. The Morgan fingerprint density at radius 2 is 2.06 bits per heavy atom. The van der Waals surface area contributed by atoms with Gasteiger partial charge >= 0.3 is 0 Å². The number of hydrogen-bond donors (Lipinski definition) is 2. The average molecular weight is 453 g/mol. The molecule has 10 heteroatoms. The molecular weight excluding hydrogens is 424 g/mol. The predicted octanol–water partition coefficient (Wildman–Crippen LogP) is 1.44. The van der Waals surface area contributed by atoms with Gasteiger partial charge in [-0.2, -0.15) is 14.9 Å². The molecule has 2 amide bonds. The zero-order valence-corrected chi connectivity index (χ0v) is 19.0. The van der Waals surface area contributed by atoms with Crippen LogP contribution in [0.3, 0.4) is 0 Å². The maximum absolute atomic E-state index is 13.1. The van der Waals surface area contributed by atoms with Crippen molar-refractivity contribution in [2.75, 3.05) is 13.1 Å². The van der Waals surface area contributed by atoms with Crippen LogP contribution in [-0.2, 0) is 11.3 Å². The number of carbonyl (C=O) groups is 2. The van der Waals surface area contributed by atoms with Crippen LogP contribution in [0.2, 0.25) is 0 Å². The summed E-state index contributed by atoms with van der Waals surface area (Å²) in [5, 5.41) is 27.1. The lowest BCUT2D eigenvalue weighted by molar-refractivity contribution is -0.125. The zero-order chi connectivity index (χ0) is 23.9. The van der Waals surface area contributed by atoms with Crippen molar-refractivity contribution in [1.29, 1.82) is 5.26 Å². The van der Waals surface area contributed by atoms with E-state index in [2.05, 4.69) is 16.5 Å². The number of amides is 2. The molecule has 4 rings (SSSR count). The minimum Gasteiger partial charge on any atom is -0.494 e. The molecule has 174 valence electrons. The number of nitrogens with one attached hydrogen (secondary N) is 1. The molecule has 1 atom stereocenters. The van der Waals surface area contributed by atoms with Crippen LogP contribution in [-0.4, -0.2) is 55.1 Å². The molecule has 2 fully saturated rings. The van der Waals surface area contributed by atoms with Gasteiger partial charge in [0.2, 0.25) is 11.8 Å². The fraction of sp³-hybridized carbons (Fsp3) is 0.522. The first-order chi connectivity index (χ1) is 15.7. The Kier molecular flexibility index (Phi) is 5.97. The number of carbonyl (C=O) groups excluding carboxylic acids is 2. The second kappa shape index (κ2) is 8.73. The van der Waals surface area contributed by atoms with Crippen molar-refractivity contribution in [3.8, 4) is 11.9 Å². The number of fused-ring (bicyclic) bond motifs is 1. The summed E-state index contributed by atoms with van der Waals surface area (Å²) in [7, 11) is 0. The third kappa shape index (κ3) is 4.35. The lowest BCUT2D eigenvalue weighted by Crippen LogP contribution is -2.34. The van der Waals surface area contributed by atoms with E-state index in [9.17, 15) is 19.5 Å². The van der Waals surface area contributed by atoms with E-state index in [-0.39, 0.29) is 29.3 Å². The van der Waals surface area contributed by atoms with E-state index in [0.717, 1.165) is 17.4 Å². The molecule has 33 heavy (non-hydrogen) atoms. The van der Waals surface area contributed by atoms with Crippen molar-refractivity contribution < 1.29 is 14.7 Å². The molecule has 3 heterocycles. The van der Waals surface area contributed by atoms with E-state index in [1.807, 2.05) is 13.8 Å². The topological polar surface area (TPSA) is 133 Å². The standard InChI is InChI=1S/C23H28N6O4/c1-13(2)11-28-21-17(6-7-18(30)27-9-8-15(10-24)12-27)14(3)26-29(21)23(33)19(22(28)32)20(31)25-16-4-5-16/h6-7,13,15-16,32H,4-5,8-9,11-12H2,1-3H3,(H,25,31). The molecule has 0 spiro atoms. The third-order valence-electron chi connectivity index (χ3n) is 5.98. The summed E-state index contributed by atoms with van der Waals surface area (Å²) in [6.45, 7) is 6.88.